The maximum Gasteiger partial charge on any atom is 0.435 e. The van der Waals surface area contributed by atoms with Gasteiger partial charge in [0.2, 0.25) is 0 Å². The van der Waals surface area contributed by atoms with Gasteiger partial charge >= 0.3 is 6.18 Å². The van der Waals surface area contributed by atoms with Crippen molar-refractivity contribution in [3.05, 3.63) is 42.0 Å². The van der Waals surface area contributed by atoms with Crippen LogP contribution >= 0.6 is 0 Å². The van der Waals surface area contributed by atoms with Crippen molar-refractivity contribution in [1.82, 2.24) is 20.1 Å². The highest BCUT2D eigenvalue weighted by Gasteiger charge is 2.33. The van der Waals surface area contributed by atoms with Gasteiger partial charge in [0.05, 0.1) is 5.69 Å². The second kappa shape index (κ2) is 6.04. The number of hydrogen-bond acceptors (Lipinski definition) is 3. The first-order valence-electron chi connectivity index (χ1n) is 6.29. The van der Waals surface area contributed by atoms with Crippen molar-refractivity contribution in [2.75, 3.05) is 6.54 Å². The maximum absolute atomic E-state index is 12.6. The molecule has 2 aromatic rings. The van der Waals surface area contributed by atoms with Crippen LogP contribution in [0.3, 0.4) is 0 Å². The Morgan fingerprint density at radius 1 is 1.30 bits per heavy atom. The van der Waals surface area contributed by atoms with Crippen LogP contribution in [0.5, 0.6) is 0 Å². The van der Waals surface area contributed by atoms with Gasteiger partial charge in [0.15, 0.2) is 5.69 Å². The molecule has 0 aliphatic carbocycles. The number of hydrogen-bond donors (Lipinski definition) is 1. The lowest BCUT2D eigenvalue weighted by atomic mass is 10.2. The zero-order valence-electron chi connectivity index (χ0n) is 11.0. The summed E-state index contributed by atoms with van der Waals surface area (Å²) in [4.78, 5) is 4.00. The summed E-state index contributed by atoms with van der Waals surface area (Å²) in [6.45, 7) is 3.42. The van der Waals surface area contributed by atoms with Crippen LogP contribution < -0.4 is 5.32 Å². The molecule has 4 nitrogen and oxygen atoms in total. The lowest BCUT2D eigenvalue weighted by Gasteiger charge is -2.09. The van der Waals surface area contributed by atoms with Crippen molar-refractivity contribution in [3.63, 3.8) is 0 Å². The van der Waals surface area contributed by atoms with E-state index in [-0.39, 0.29) is 0 Å². The van der Waals surface area contributed by atoms with Gasteiger partial charge in [-0.05, 0) is 25.1 Å². The van der Waals surface area contributed by atoms with Crippen LogP contribution in [0.2, 0.25) is 0 Å². The third kappa shape index (κ3) is 3.36. The molecule has 20 heavy (non-hydrogen) atoms. The van der Waals surface area contributed by atoms with E-state index >= 15 is 0 Å². The highest BCUT2D eigenvalue weighted by atomic mass is 19.4. The molecule has 0 unspecified atom stereocenters. The molecular formula is C13H15F3N4. The standard InChI is InChI=1S/C13H15F3N4/c1-2-5-17-8-10-9-18-6-3-11(10)20-7-4-12(19-20)13(14,15)16/h3-4,6-7,9,17H,2,5,8H2,1H3. The molecule has 0 fully saturated rings. The molecule has 1 N–H and O–H groups in total. The van der Waals surface area contributed by atoms with Crippen LogP contribution in [-0.2, 0) is 12.7 Å². The Bertz CT molecular complexity index is 563. The zero-order chi connectivity index (χ0) is 14.6. The van der Waals surface area contributed by atoms with Crippen LogP contribution in [0.25, 0.3) is 5.69 Å². The normalized spacial score (nSPS) is 11.8. The van der Waals surface area contributed by atoms with Crippen LogP contribution in [-0.4, -0.2) is 21.3 Å². The van der Waals surface area contributed by atoms with E-state index in [0.717, 1.165) is 24.6 Å². The van der Waals surface area contributed by atoms with Gasteiger partial charge in [0, 0.05) is 30.7 Å². The SMILES string of the molecule is CCCNCc1cnccc1-n1ccc(C(F)(F)F)n1. The summed E-state index contributed by atoms with van der Waals surface area (Å²) >= 11 is 0. The molecule has 0 bridgehead atoms. The van der Waals surface area contributed by atoms with Crippen molar-refractivity contribution in [3.8, 4) is 5.69 Å². The zero-order valence-corrected chi connectivity index (χ0v) is 11.0. The predicted octanol–water partition coefficient (Wildman–Crippen LogP) is 2.79. The van der Waals surface area contributed by atoms with E-state index in [2.05, 4.69) is 15.4 Å². The molecule has 0 aliphatic rings. The molecule has 0 aromatic carbocycles. The van der Waals surface area contributed by atoms with E-state index in [9.17, 15) is 13.2 Å². The third-order valence-electron chi connectivity index (χ3n) is 2.75. The number of pyridine rings is 1. The van der Waals surface area contributed by atoms with Crippen LogP contribution in [0.4, 0.5) is 13.2 Å². The number of aromatic nitrogens is 3. The summed E-state index contributed by atoms with van der Waals surface area (Å²) in [6.07, 6.45) is 1.02. The quantitative estimate of drug-likeness (QED) is 0.859. The first-order chi connectivity index (χ1) is 9.52. The Morgan fingerprint density at radius 3 is 2.75 bits per heavy atom. The fourth-order valence-corrected chi connectivity index (χ4v) is 1.79. The fraction of sp³-hybridized carbons (Fsp3) is 0.385. The van der Waals surface area contributed by atoms with Gasteiger partial charge in [-0.1, -0.05) is 6.92 Å². The van der Waals surface area contributed by atoms with Crippen LogP contribution in [0, 0.1) is 0 Å². The minimum absolute atomic E-state index is 0.540. The van der Waals surface area contributed by atoms with Crippen molar-refractivity contribution >= 4 is 0 Å². The molecular weight excluding hydrogens is 269 g/mol. The lowest BCUT2D eigenvalue weighted by molar-refractivity contribution is -0.141. The minimum atomic E-state index is -4.43. The van der Waals surface area contributed by atoms with Gasteiger partial charge < -0.3 is 5.32 Å². The van der Waals surface area contributed by atoms with E-state index in [0.29, 0.717) is 12.2 Å². The van der Waals surface area contributed by atoms with Crippen molar-refractivity contribution in [1.29, 1.82) is 0 Å². The molecule has 0 saturated heterocycles. The van der Waals surface area contributed by atoms with Crippen LogP contribution in [0.1, 0.15) is 24.6 Å². The van der Waals surface area contributed by atoms with Crippen molar-refractivity contribution in [2.45, 2.75) is 26.1 Å². The Hall–Kier alpha value is -1.89. The molecule has 2 heterocycles. The number of nitrogens with zero attached hydrogens (tertiary/aromatic N) is 3. The summed E-state index contributed by atoms with van der Waals surface area (Å²) in [5, 5.41) is 6.77. The summed E-state index contributed by atoms with van der Waals surface area (Å²) in [5.74, 6) is 0. The van der Waals surface area contributed by atoms with Gasteiger partial charge in [0.25, 0.3) is 0 Å². The monoisotopic (exact) mass is 284 g/mol. The van der Waals surface area contributed by atoms with E-state index in [1.165, 1.54) is 17.1 Å². The van der Waals surface area contributed by atoms with Crippen molar-refractivity contribution < 1.29 is 13.2 Å². The first-order valence-corrected chi connectivity index (χ1v) is 6.29. The lowest BCUT2D eigenvalue weighted by Crippen LogP contribution is -2.16. The maximum atomic E-state index is 12.6. The number of alkyl halides is 3. The summed E-state index contributed by atoms with van der Waals surface area (Å²) in [5.41, 5.74) is 0.499. The van der Waals surface area contributed by atoms with E-state index < -0.39 is 11.9 Å². The highest BCUT2D eigenvalue weighted by molar-refractivity contribution is 5.38. The minimum Gasteiger partial charge on any atom is -0.313 e. The number of halogens is 3. The number of rotatable bonds is 5. The van der Waals surface area contributed by atoms with Gasteiger partial charge in [-0.2, -0.15) is 18.3 Å². The van der Waals surface area contributed by atoms with Gasteiger partial charge in [0.1, 0.15) is 0 Å². The molecule has 2 aromatic heterocycles. The Balaban J connectivity index is 2.26. The summed E-state index contributed by atoms with van der Waals surface area (Å²) < 4.78 is 38.9. The summed E-state index contributed by atoms with van der Waals surface area (Å²) in [7, 11) is 0. The largest absolute Gasteiger partial charge is 0.435 e. The topological polar surface area (TPSA) is 42.7 Å². The van der Waals surface area contributed by atoms with E-state index in [1.54, 1.807) is 12.3 Å². The van der Waals surface area contributed by atoms with Gasteiger partial charge in [-0.25, -0.2) is 4.68 Å². The van der Waals surface area contributed by atoms with E-state index in [4.69, 9.17) is 0 Å². The Morgan fingerprint density at radius 2 is 2.10 bits per heavy atom. The molecule has 0 aliphatic heterocycles. The van der Waals surface area contributed by atoms with Gasteiger partial charge in [-0.3, -0.25) is 4.98 Å². The second-order valence-corrected chi connectivity index (χ2v) is 4.32. The summed E-state index contributed by atoms with van der Waals surface area (Å²) in [6, 6.07) is 2.61. The highest BCUT2D eigenvalue weighted by Crippen LogP contribution is 2.28. The fourth-order valence-electron chi connectivity index (χ4n) is 1.79. The van der Waals surface area contributed by atoms with E-state index in [1.807, 2.05) is 6.92 Å². The molecule has 108 valence electrons. The Labute approximate surface area is 114 Å². The molecule has 0 saturated carbocycles. The Kier molecular flexibility index (Phi) is 4.39. The average Bonchev–Trinajstić information content (AvgIpc) is 2.89. The molecule has 0 radical (unpaired) electrons. The molecule has 0 amide bonds. The van der Waals surface area contributed by atoms with Crippen molar-refractivity contribution in [2.24, 2.45) is 0 Å². The number of nitrogens with one attached hydrogen (secondary N) is 1. The molecule has 0 atom stereocenters. The smallest absolute Gasteiger partial charge is 0.313 e. The van der Waals surface area contributed by atoms with Crippen LogP contribution in [0.15, 0.2) is 30.7 Å². The predicted molar refractivity (Wildman–Crippen MR) is 68.4 cm³/mol. The van der Waals surface area contributed by atoms with Gasteiger partial charge in [-0.15, -0.1) is 0 Å². The first kappa shape index (κ1) is 14.5. The average molecular weight is 284 g/mol. The molecule has 0 spiro atoms. The molecule has 2 rings (SSSR count). The second-order valence-electron chi connectivity index (χ2n) is 4.32. The molecule has 7 heteroatoms. The third-order valence-corrected chi connectivity index (χ3v) is 2.75.